The minimum Gasteiger partial charge on any atom is -0.454 e. The van der Waals surface area contributed by atoms with Gasteiger partial charge in [0.1, 0.15) is 0 Å². The maximum atomic E-state index is 11.6. The molecule has 0 bridgehead atoms. The minimum atomic E-state index is -0.812. The van der Waals surface area contributed by atoms with Gasteiger partial charge in [0.2, 0.25) is 17.1 Å². The summed E-state index contributed by atoms with van der Waals surface area (Å²) in [7, 11) is 1.21. The highest BCUT2D eigenvalue weighted by Gasteiger charge is 2.40. The van der Waals surface area contributed by atoms with Gasteiger partial charge < -0.3 is 58.5 Å². The molecular weight excluding hydrogens is 1110 g/mol. The molecule has 0 heterocycles. The summed E-state index contributed by atoms with van der Waals surface area (Å²) in [5.74, 6) is -0.305. The number of carbonyl (C=O) groups excluding carboxylic acids is 3. The number of aliphatic hydroxyl groups excluding tert-OH is 6. The van der Waals surface area contributed by atoms with Crippen LogP contribution in [0, 0.1) is 31.1 Å². The second-order valence-electron chi connectivity index (χ2n) is 20.5. The number of amides is 2. The van der Waals surface area contributed by atoms with Crippen LogP contribution in [-0.4, -0.2) is 122 Å². The number of aryl methyl sites for hydroxylation is 2. The molecule has 0 unspecified atom stereocenters. The number of rotatable bonds is 35. The molecule has 11 atom stereocenters. The SMILES string of the molecule is C.CCCC[B]O.CCCC[C@H](O)O[C@H](/C=C/[C@@H]1[C@@H](C/C=C\CCCC(=O)NCC)[C@@H](O)C[C@H]1O)CCc1ccccc1.CCNC(=O)CCC/C=C\C[C@@H]1[C@@H](/C=C/[C@@H](O)CCc2ccccc2)[C@H](O)C[C@@H]1O.O=C(Cl)CCCBr.[CH3-]. The van der Waals surface area contributed by atoms with E-state index in [1.807, 2.05) is 92.8 Å². The highest BCUT2D eigenvalue weighted by atomic mass is 79.9. The Labute approximate surface area is 504 Å². The largest absolute Gasteiger partial charge is 0.454 e. The van der Waals surface area contributed by atoms with E-state index in [1.165, 1.54) is 18.6 Å². The quantitative estimate of drug-likeness (QED) is 0.00600. The Morgan fingerprint density at radius 3 is 1.53 bits per heavy atom. The molecule has 461 valence electrons. The van der Waals surface area contributed by atoms with E-state index in [9.17, 15) is 45.0 Å². The number of alkyl halides is 1. The summed E-state index contributed by atoms with van der Waals surface area (Å²) in [4.78, 5) is 32.9. The molecule has 0 aromatic heterocycles. The summed E-state index contributed by atoms with van der Waals surface area (Å²) in [6.07, 6.45) is 28.1. The van der Waals surface area contributed by atoms with E-state index < -0.39 is 36.8 Å². The smallest absolute Gasteiger partial charge is 0.287 e. The Morgan fingerprint density at radius 2 is 1.12 bits per heavy atom. The topological polar surface area (TPSA) is 226 Å². The fourth-order valence-electron chi connectivity index (χ4n) is 9.36. The highest BCUT2D eigenvalue weighted by molar-refractivity contribution is 9.09. The third-order valence-electron chi connectivity index (χ3n) is 13.8. The predicted octanol–water partition coefficient (Wildman–Crippen LogP) is 11.7. The molecule has 81 heavy (non-hydrogen) atoms. The normalized spacial score (nSPS) is 21.3. The summed E-state index contributed by atoms with van der Waals surface area (Å²) < 4.78 is 5.97. The van der Waals surface area contributed by atoms with Gasteiger partial charge in [-0.15, -0.1) is 0 Å². The van der Waals surface area contributed by atoms with Crippen molar-refractivity contribution >= 4 is 52.1 Å². The van der Waals surface area contributed by atoms with Crippen LogP contribution in [-0.2, 0) is 32.0 Å². The summed E-state index contributed by atoms with van der Waals surface area (Å²) in [6.45, 7) is 9.32. The van der Waals surface area contributed by atoms with Crippen molar-refractivity contribution in [2.45, 2.75) is 219 Å². The Hall–Kier alpha value is -3.48. The van der Waals surface area contributed by atoms with Gasteiger partial charge in [-0.2, -0.15) is 0 Å². The Morgan fingerprint density at radius 1 is 0.654 bits per heavy atom. The van der Waals surface area contributed by atoms with Gasteiger partial charge in [-0.05, 0) is 132 Å². The Balaban J connectivity index is 0. The van der Waals surface area contributed by atoms with E-state index in [0.717, 1.165) is 88.7 Å². The van der Waals surface area contributed by atoms with E-state index in [4.69, 9.17) is 21.4 Å². The molecule has 1 radical (unpaired) electrons. The van der Waals surface area contributed by atoms with E-state index in [1.54, 1.807) is 6.08 Å². The average Bonchev–Trinajstić information content (AvgIpc) is 3.87. The van der Waals surface area contributed by atoms with Crippen LogP contribution in [0.25, 0.3) is 0 Å². The van der Waals surface area contributed by atoms with Gasteiger partial charge in [-0.3, -0.25) is 14.4 Å². The molecule has 2 fully saturated rings. The summed E-state index contributed by atoms with van der Waals surface area (Å²) >= 11 is 8.16. The molecule has 4 rings (SSSR count). The number of nitrogens with one attached hydrogen (secondary N) is 2. The summed E-state index contributed by atoms with van der Waals surface area (Å²) in [5, 5.41) is 76.8. The van der Waals surface area contributed by atoms with Crippen LogP contribution in [0.4, 0.5) is 0 Å². The number of aliphatic hydroxyl groups is 6. The Bertz CT molecular complexity index is 1950. The van der Waals surface area contributed by atoms with Crippen molar-refractivity contribution in [3.63, 3.8) is 0 Å². The summed E-state index contributed by atoms with van der Waals surface area (Å²) in [6, 6.07) is 20.3. The van der Waals surface area contributed by atoms with Crippen LogP contribution < -0.4 is 10.6 Å². The molecule has 2 aliphatic carbocycles. The minimum absolute atomic E-state index is 0. The molecule has 0 spiro atoms. The highest BCUT2D eigenvalue weighted by Crippen LogP contribution is 2.38. The number of allylic oxidation sites excluding steroid dienone is 4. The number of ether oxygens (including phenoxy) is 1. The van der Waals surface area contributed by atoms with Crippen molar-refractivity contribution < 1.29 is 54.8 Å². The lowest BCUT2D eigenvalue weighted by Gasteiger charge is -2.22. The van der Waals surface area contributed by atoms with Crippen LogP contribution in [0.1, 0.15) is 168 Å². The first-order valence-corrected chi connectivity index (χ1v) is 30.9. The fourth-order valence-corrected chi connectivity index (χ4v) is 9.78. The third-order valence-corrected chi connectivity index (χ3v) is 14.6. The van der Waals surface area contributed by atoms with Gasteiger partial charge in [0.05, 0.1) is 36.6 Å². The van der Waals surface area contributed by atoms with Crippen molar-refractivity contribution in [1.29, 1.82) is 0 Å². The molecule has 2 saturated carbocycles. The number of hydrogen-bond acceptors (Lipinski definition) is 11. The number of unbranched alkanes of at least 4 members (excludes halogenated alkanes) is 4. The molecule has 2 amide bonds. The van der Waals surface area contributed by atoms with E-state index >= 15 is 0 Å². The van der Waals surface area contributed by atoms with Crippen molar-refractivity contribution in [1.82, 2.24) is 10.6 Å². The summed E-state index contributed by atoms with van der Waals surface area (Å²) in [5.41, 5.74) is 2.41. The third kappa shape index (κ3) is 39.7. The fraction of sp³-hybridized carbons (Fsp3) is 0.631. The molecule has 2 aromatic carbocycles. The van der Waals surface area contributed by atoms with Crippen molar-refractivity contribution in [2.24, 2.45) is 23.7 Å². The number of hydrogen-bond donors (Lipinski definition) is 9. The van der Waals surface area contributed by atoms with Crippen molar-refractivity contribution in [3.8, 4) is 0 Å². The van der Waals surface area contributed by atoms with Gasteiger partial charge in [-0.25, -0.2) is 0 Å². The maximum Gasteiger partial charge on any atom is 0.287 e. The molecule has 16 heteroatoms. The first kappa shape index (κ1) is 79.6. The molecular formula is C65H107BBrClN2O11-. The van der Waals surface area contributed by atoms with Gasteiger partial charge in [0, 0.05) is 62.4 Å². The zero-order valence-electron chi connectivity index (χ0n) is 49.0. The number of carbonyl (C=O) groups is 3. The second-order valence-corrected chi connectivity index (χ2v) is 21.7. The van der Waals surface area contributed by atoms with E-state index in [2.05, 4.69) is 64.7 Å². The second kappa shape index (κ2) is 52.1. The maximum absolute atomic E-state index is 11.6. The monoisotopic (exact) mass is 1220 g/mol. The molecule has 9 N–H and O–H groups in total. The molecule has 2 aromatic rings. The predicted molar refractivity (Wildman–Crippen MR) is 339 cm³/mol. The lowest BCUT2D eigenvalue weighted by molar-refractivity contribution is -0.127. The first-order valence-electron chi connectivity index (χ1n) is 29.4. The van der Waals surface area contributed by atoms with Crippen molar-refractivity contribution in [2.75, 3.05) is 18.4 Å². The van der Waals surface area contributed by atoms with Gasteiger partial charge >= 0.3 is 0 Å². The molecule has 0 saturated heterocycles. The molecule has 2 aliphatic rings. The lowest BCUT2D eigenvalue weighted by atomic mass is 9.89. The zero-order chi connectivity index (χ0) is 58.5. The zero-order valence-corrected chi connectivity index (χ0v) is 51.4. The van der Waals surface area contributed by atoms with Crippen LogP contribution in [0.15, 0.2) is 109 Å². The average molecular weight is 1220 g/mol. The van der Waals surface area contributed by atoms with Crippen LogP contribution >= 0.6 is 27.5 Å². The number of halogens is 2. The standard InChI is InChI=1S/C30H47NO5.C25H37NO4.C4H10BO.C4H6BrClO.CH4.CH3/c1-3-5-17-30(35)36-24(19-18-23-13-9-8-10-14-23)20-21-26-25(27(32)22-28(26)33)15-11-6-7-12-16-29(34)31-4-2;1-2-26-25(30)13-9-4-3-8-12-21-22(24(29)18-23(21)28)17-16-20(27)15-14-19-10-6-5-7-11-19;1-2-3-4-5-6;5-3-1-2-4(6)7;;/h6,8-11,13-14,20-21,24-28,30,32-33,35H,3-5,7,12,15-19,22H2,1-2H3,(H,31,34);3,5-8,10-11,16-17,20-24,27-29H,2,4,9,12-15,18H2,1H3,(H,26,30);6H,2-4H2,1H3;1-3H2;1H4;1H3/q;;;;;-1/b11-6-,21-20+;8-3-,17-16+;;;;/t24-,25+,26+,27-,28+,30+;20-,21+,22+,23-,24+;;;;/m00..../s1. The number of benzene rings is 2. The van der Waals surface area contributed by atoms with Crippen LogP contribution in [0.2, 0.25) is 6.32 Å². The van der Waals surface area contributed by atoms with E-state index in [0.29, 0.717) is 70.9 Å². The Kier molecular flexibility index (Phi) is 51.2. The molecule has 0 aliphatic heterocycles. The van der Waals surface area contributed by atoms with Crippen LogP contribution in [0.5, 0.6) is 0 Å². The molecule has 13 nitrogen and oxygen atoms in total. The van der Waals surface area contributed by atoms with Gasteiger partial charge in [0.25, 0.3) is 7.48 Å². The van der Waals surface area contributed by atoms with Gasteiger partial charge in [-0.1, -0.05) is 172 Å². The van der Waals surface area contributed by atoms with E-state index in [-0.39, 0.29) is 61.7 Å². The first-order chi connectivity index (χ1) is 38.1. The van der Waals surface area contributed by atoms with Crippen molar-refractivity contribution in [3.05, 3.63) is 128 Å². The van der Waals surface area contributed by atoms with Gasteiger partial charge in [0.15, 0.2) is 6.29 Å². The van der Waals surface area contributed by atoms with Crippen LogP contribution in [0.3, 0.4) is 0 Å². The lowest BCUT2D eigenvalue weighted by Crippen LogP contribution is -2.23.